The zero-order valence-electron chi connectivity index (χ0n) is 29.5. The minimum Gasteiger partial charge on any atom is -0.310 e. The third-order valence-corrected chi connectivity index (χ3v) is 11.1. The number of hydrogen-bond donors (Lipinski definition) is 0. The minimum absolute atomic E-state index is 0.595. The number of nitrogens with zero attached hydrogens (tertiary/aromatic N) is 5. The van der Waals surface area contributed by atoms with E-state index in [1.807, 2.05) is 18.2 Å². The van der Waals surface area contributed by atoms with Crippen molar-refractivity contribution in [3.05, 3.63) is 193 Å². The fourth-order valence-corrected chi connectivity index (χ4v) is 8.69. The Morgan fingerprint density at radius 3 is 1.35 bits per heavy atom. The molecule has 0 radical (unpaired) electrons. The fraction of sp³-hybridized carbons (Fsp3) is 0. The lowest BCUT2D eigenvalue weighted by atomic mass is 9.99. The summed E-state index contributed by atoms with van der Waals surface area (Å²) in [4.78, 5) is 3.78. The van der Waals surface area contributed by atoms with Crippen LogP contribution in [0.4, 0.5) is 5.69 Å². The predicted octanol–water partition coefficient (Wildman–Crippen LogP) is 13.1. The van der Waals surface area contributed by atoms with Crippen LogP contribution in [0.25, 0.3) is 98.5 Å². The van der Waals surface area contributed by atoms with Gasteiger partial charge in [0.1, 0.15) is 0 Å². The summed E-state index contributed by atoms with van der Waals surface area (Å²) in [5, 5.41) is 17.5. The Kier molecular flexibility index (Phi) is 6.61. The van der Waals surface area contributed by atoms with Gasteiger partial charge in [0, 0.05) is 54.9 Å². The molecule has 0 atom stereocenters. The predicted molar refractivity (Wildman–Crippen MR) is 226 cm³/mol. The first-order chi connectivity index (χ1) is 27.2. The van der Waals surface area contributed by atoms with Crippen LogP contribution in [0.2, 0.25) is 0 Å². The molecule has 11 aromatic rings. The number of nitriles is 1. The van der Waals surface area contributed by atoms with Crippen LogP contribution in [0.3, 0.4) is 0 Å². The van der Waals surface area contributed by atoms with Crippen molar-refractivity contribution in [2.45, 2.75) is 0 Å². The zero-order chi connectivity index (χ0) is 36.6. The highest BCUT2D eigenvalue weighted by Crippen LogP contribution is 2.39. The summed E-state index contributed by atoms with van der Waals surface area (Å²) >= 11 is 0. The summed E-state index contributed by atoms with van der Waals surface area (Å²) in [6.45, 7) is 7.80. The molecule has 55 heavy (non-hydrogen) atoms. The van der Waals surface area contributed by atoms with Gasteiger partial charge in [0.2, 0.25) is 0 Å². The first kappa shape index (κ1) is 30.7. The van der Waals surface area contributed by atoms with E-state index in [4.69, 9.17) is 6.57 Å². The summed E-state index contributed by atoms with van der Waals surface area (Å²) in [6, 6.07) is 63.7. The Hall–Kier alpha value is -7.86. The highest BCUT2D eigenvalue weighted by Gasteiger charge is 2.18. The van der Waals surface area contributed by atoms with Gasteiger partial charge >= 0.3 is 0 Å². The number of para-hydroxylation sites is 4. The molecule has 0 aliphatic heterocycles. The fourth-order valence-electron chi connectivity index (χ4n) is 8.69. The summed E-state index contributed by atoms with van der Waals surface area (Å²) in [5.74, 6) is 0. The van der Waals surface area contributed by atoms with Gasteiger partial charge in [-0.05, 0) is 77.9 Å². The quantitative estimate of drug-likeness (QED) is 0.169. The Labute approximate surface area is 316 Å². The van der Waals surface area contributed by atoms with E-state index in [2.05, 4.69) is 182 Å². The molecule has 0 saturated carbocycles. The van der Waals surface area contributed by atoms with E-state index in [1.54, 1.807) is 0 Å². The second kappa shape index (κ2) is 11.8. The molecule has 3 aromatic heterocycles. The highest BCUT2D eigenvalue weighted by molar-refractivity contribution is 6.13. The molecule has 0 aliphatic carbocycles. The first-order valence-corrected chi connectivity index (χ1v) is 18.3. The smallest absolute Gasteiger partial charge is 0.189 e. The van der Waals surface area contributed by atoms with E-state index in [0.29, 0.717) is 11.3 Å². The first-order valence-electron chi connectivity index (χ1n) is 18.3. The third kappa shape index (κ3) is 4.51. The molecule has 0 aliphatic rings. The van der Waals surface area contributed by atoms with E-state index in [1.165, 1.54) is 21.5 Å². The van der Waals surface area contributed by atoms with Crippen LogP contribution < -0.4 is 0 Å². The van der Waals surface area contributed by atoms with Gasteiger partial charge in [0.25, 0.3) is 0 Å². The van der Waals surface area contributed by atoms with E-state index in [9.17, 15) is 5.26 Å². The van der Waals surface area contributed by atoms with Crippen LogP contribution in [0.5, 0.6) is 0 Å². The molecule has 0 amide bonds. The molecule has 5 heteroatoms. The maximum atomic E-state index is 10.5. The maximum absolute atomic E-state index is 10.5. The third-order valence-electron chi connectivity index (χ3n) is 11.1. The number of benzene rings is 8. The maximum Gasteiger partial charge on any atom is 0.189 e. The van der Waals surface area contributed by atoms with Gasteiger partial charge < -0.3 is 13.7 Å². The minimum atomic E-state index is 0.595. The van der Waals surface area contributed by atoms with Crippen LogP contribution in [0.15, 0.2) is 176 Å². The van der Waals surface area contributed by atoms with Gasteiger partial charge in [-0.2, -0.15) is 5.26 Å². The van der Waals surface area contributed by atoms with E-state index >= 15 is 0 Å². The lowest BCUT2D eigenvalue weighted by molar-refractivity contribution is 1.15. The normalized spacial score (nSPS) is 11.6. The van der Waals surface area contributed by atoms with Crippen LogP contribution in [-0.4, -0.2) is 13.7 Å². The summed E-state index contributed by atoms with van der Waals surface area (Å²) in [5.41, 5.74) is 12.6. The van der Waals surface area contributed by atoms with Crippen LogP contribution in [-0.2, 0) is 0 Å². The molecule has 0 saturated heterocycles. The molecule has 0 spiro atoms. The van der Waals surface area contributed by atoms with Crippen LogP contribution >= 0.6 is 0 Å². The average Bonchev–Trinajstić information content (AvgIpc) is 3.88. The Morgan fingerprint density at radius 2 is 0.818 bits per heavy atom. The van der Waals surface area contributed by atoms with Crippen molar-refractivity contribution < 1.29 is 0 Å². The zero-order valence-corrected chi connectivity index (χ0v) is 29.5. The van der Waals surface area contributed by atoms with Crippen LogP contribution in [0, 0.1) is 17.9 Å². The molecule has 11 rings (SSSR count). The number of hydrogen-bond acceptors (Lipinski definition) is 1. The van der Waals surface area contributed by atoms with Gasteiger partial charge in [0.15, 0.2) is 5.69 Å². The number of aromatic nitrogens is 3. The lowest BCUT2D eigenvalue weighted by Crippen LogP contribution is -1.97. The van der Waals surface area contributed by atoms with Crippen molar-refractivity contribution in [1.82, 2.24) is 13.7 Å². The van der Waals surface area contributed by atoms with Crippen molar-refractivity contribution in [2.75, 3.05) is 0 Å². The molecule has 0 unspecified atom stereocenters. The van der Waals surface area contributed by atoms with Crippen molar-refractivity contribution in [2.24, 2.45) is 0 Å². The molecule has 8 aromatic carbocycles. The Bertz CT molecular complexity index is 3350. The van der Waals surface area contributed by atoms with Gasteiger partial charge in [-0.15, -0.1) is 0 Å². The van der Waals surface area contributed by atoms with Crippen LogP contribution in [0.1, 0.15) is 5.56 Å². The molecule has 3 heterocycles. The summed E-state index contributed by atoms with van der Waals surface area (Å²) in [6.07, 6.45) is 0. The van der Waals surface area contributed by atoms with E-state index in [0.717, 1.165) is 72.1 Å². The Balaban J connectivity index is 1.06. The van der Waals surface area contributed by atoms with Crippen molar-refractivity contribution in [3.8, 4) is 34.3 Å². The summed E-state index contributed by atoms with van der Waals surface area (Å²) in [7, 11) is 0. The molecule has 0 bridgehead atoms. The average molecular weight is 700 g/mol. The van der Waals surface area contributed by atoms with Crippen molar-refractivity contribution in [1.29, 1.82) is 5.26 Å². The topological polar surface area (TPSA) is 42.9 Å². The highest BCUT2D eigenvalue weighted by atomic mass is 15.0. The molecule has 5 nitrogen and oxygen atoms in total. The van der Waals surface area contributed by atoms with Gasteiger partial charge in [-0.3, -0.25) is 0 Å². The molecular formula is C50H29N5. The van der Waals surface area contributed by atoms with E-state index in [-0.39, 0.29) is 0 Å². The van der Waals surface area contributed by atoms with Gasteiger partial charge in [-0.25, -0.2) is 4.85 Å². The van der Waals surface area contributed by atoms with Gasteiger partial charge in [0.05, 0.1) is 45.8 Å². The number of rotatable bonds is 4. The van der Waals surface area contributed by atoms with Crippen molar-refractivity contribution >= 4 is 71.1 Å². The van der Waals surface area contributed by atoms with Crippen molar-refractivity contribution in [3.63, 3.8) is 0 Å². The van der Waals surface area contributed by atoms with Gasteiger partial charge in [-0.1, -0.05) is 109 Å². The Morgan fingerprint density at radius 1 is 0.400 bits per heavy atom. The molecule has 0 N–H and O–H groups in total. The standard InChI is InChI=1S/C50H29N5/c1-52-34-20-25-43-44-27-24-37(55-47-16-8-4-12-41(47)42-13-5-9-17-48(42)55)30-50(44)53(49(43)29-34)35-21-18-32(19-22-35)38-26-23-36(28-33(38)31-51)54-45-14-6-2-10-39(45)40-11-3-7-15-46(40)54/h2-30H. The second-order valence-electron chi connectivity index (χ2n) is 14.0. The SMILES string of the molecule is [C-]#[N+]c1ccc2c3ccc(-n4c5ccccc5c5ccccc54)cc3n(-c3ccc(-c4ccc(-n5c6ccccc6c6ccccc65)cc4C#N)cc3)c2c1. The molecule has 0 fully saturated rings. The number of fused-ring (bicyclic) bond motifs is 9. The second-order valence-corrected chi connectivity index (χ2v) is 14.0. The molecule has 254 valence electrons. The van der Waals surface area contributed by atoms with E-state index < -0.39 is 0 Å². The molecular weight excluding hydrogens is 671 g/mol. The largest absolute Gasteiger partial charge is 0.310 e. The monoisotopic (exact) mass is 699 g/mol. The lowest BCUT2D eigenvalue weighted by Gasteiger charge is -2.13. The summed E-state index contributed by atoms with van der Waals surface area (Å²) < 4.78 is 6.84.